The van der Waals surface area contributed by atoms with Crippen molar-refractivity contribution in [3.8, 4) is 0 Å². The minimum atomic E-state index is -4.67. The van der Waals surface area contributed by atoms with Crippen molar-refractivity contribution in [1.29, 1.82) is 0 Å². The van der Waals surface area contributed by atoms with Crippen molar-refractivity contribution < 1.29 is 36.4 Å². The van der Waals surface area contributed by atoms with E-state index in [1.54, 1.807) is 6.92 Å². The van der Waals surface area contributed by atoms with E-state index in [1.165, 1.54) is 0 Å². The molecule has 0 saturated carbocycles. The van der Waals surface area contributed by atoms with E-state index >= 15 is 0 Å². The van der Waals surface area contributed by atoms with Gasteiger partial charge >= 0.3 is 29.3 Å². The Bertz CT molecular complexity index is 97.2. The van der Waals surface area contributed by atoms with E-state index < -0.39 is 10.4 Å². The van der Waals surface area contributed by atoms with Crippen LogP contribution in [0.4, 0.5) is 0 Å². The molecule has 0 bridgehead atoms. The fraction of sp³-hybridized carbons (Fsp3) is 0.500. The summed E-state index contributed by atoms with van der Waals surface area (Å²) in [5.41, 5.74) is 0. The summed E-state index contributed by atoms with van der Waals surface area (Å²) in [6.07, 6.45) is 0. The van der Waals surface area contributed by atoms with Gasteiger partial charge in [-0.2, -0.15) is 15.3 Å². The van der Waals surface area contributed by atoms with Gasteiger partial charge in [0.05, 0.1) is 0 Å². The maximum absolute atomic E-state index is 8.74. The Labute approximate surface area is 61.0 Å². The zero-order valence-electron chi connectivity index (χ0n) is 4.83. The topological polar surface area (TPSA) is 74.6 Å². The van der Waals surface area contributed by atoms with E-state index in [2.05, 4.69) is 6.92 Å². The van der Waals surface area contributed by atoms with Gasteiger partial charge in [-0.25, -0.2) is 0 Å². The monoisotopic (exact) mass is 134 g/mol. The van der Waals surface area contributed by atoms with Gasteiger partial charge in [0.2, 0.25) is 0 Å². The molecule has 0 aliphatic heterocycles. The van der Waals surface area contributed by atoms with E-state index in [4.69, 9.17) is 17.5 Å². The Morgan fingerprint density at radius 2 is 1.25 bits per heavy atom. The number of hydrogen-bond acceptors (Lipinski definition) is 2. The van der Waals surface area contributed by atoms with Gasteiger partial charge in [-0.1, -0.05) is 0 Å². The van der Waals surface area contributed by atoms with Gasteiger partial charge in [0.15, 0.2) is 0 Å². The van der Waals surface area contributed by atoms with Gasteiger partial charge in [0, 0.05) is 0 Å². The standard InChI is InChI=1S/C2H5.Li.H2O4S/c1-2;;1-5(2,3)4/h1H2,2H3;;(H2,1,2,3,4)/q-1;+1;. The van der Waals surface area contributed by atoms with Gasteiger partial charge in [-0.05, 0) is 0 Å². The second kappa shape index (κ2) is 7.47. The van der Waals surface area contributed by atoms with E-state index in [0.717, 1.165) is 0 Å². The van der Waals surface area contributed by atoms with E-state index in [1.807, 2.05) is 0 Å². The molecule has 46 valence electrons. The first-order chi connectivity index (χ1) is 3.00. The molecule has 0 rings (SSSR count). The molecular weight excluding hydrogens is 127 g/mol. The summed E-state index contributed by atoms with van der Waals surface area (Å²) < 4.78 is 31.6. The molecule has 0 aromatic carbocycles. The van der Waals surface area contributed by atoms with Crippen LogP contribution < -0.4 is 18.9 Å². The van der Waals surface area contributed by atoms with Gasteiger partial charge in [0.25, 0.3) is 0 Å². The smallest absolute Gasteiger partial charge is 0.346 e. The van der Waals surface area contributed by atoms with Crippen LogP contribution in [0.15, 0.2) is 0 Å². The predicted molar refractivity (Wildman–Crippen MR) is 25.2 cm³/mol. The maximum Gasteiger partial charge on any atom is 1.00 e. The first kappa shape index (κ1) is 15.8. The third kappa shape index (κ3) is 885. The molecule has 0 aliphatic carbocycles. The summed E-state index contributed by atoms with van der Waals surface area (Å²) >= 11 is 0. The molecule has 0 atom stereocenters. The van der Waals surface area contributed by atoms with Gasteiger partial charge in [-0.15, -0.1) is 0 Å². The van der Waals surface area contributed by atoms with Crippen molar-refractivity contribution >= 4 is 10.4 Å². The van der Waals surface area contributed by atoms with E-state index in [9.17, 15) is 0 Å². The molecule has 0 aromatic rings. The normalized spacial score (nSPS) is 8.00. The summed E-state index contributed by atoms with van der Waals surface area (Å²) in [7, 11) is -4.67. The third-order valence-electron chi connectivity index (χ3n) is 0. The van der Waals surface area contributed by atoms with Crippen molar-refractivity contribution in [1.82, 2.24) is 0 Å². The molecule has 0 heterocycles. The zero-order valence-corrected chi connectivity index (χ0v) is 5.64. The third-order valence-corrected chi connectivity index (χ3v) is 0. The molecule has 0 unspecified atom stereocenters. The molecular formula is C2H7LiO4S. The predicted octanol–water partition coefficient (Wildman–Crippen LogP) is -2.81. The van der Waals surface area contributed by atoms with Crippen LogP contribution in [0.1, 0.15) is 6.92 Å². The molecule has 0 amide bonds. The average Bonchev–Trinajstić information content (AvgIpc) is 1.36. The van der Waals surface area contributed by atoms with Crippen LogP contribution >= 0.6 is 0 Å². The fourth-order valence-electron chi connectivity index (χ4n) is 0. The van der Waals surface area contributed by atoms with Crippen molar-refractivity contribution in [2.24, 2.45) is 0 Å². The Kier molecular flexibility index (Phi) is 14.7. The number of hydrogen-bond donors (Lipinski definition) is 2. The van der Waals surface area contributed by atoms with Crippen LogP contribution in [-0.2, 0) is 10.4 Å². The quantitative estimate of drug-likeness (QED) is 0.213. The van der Waals surface area contributed by atoms with E-state index in [0.29, 0.717) is 0 Å². The van der Waals surface area contributed by atoms with Crippen LogP contribution in [0.2, 0.25) is 0 Å². The van der Waals surface area contributed by atoms with Gasteiger partial charge in [-0.3, -0.25) is 9.11 Å². The van der Waals surface area contributed by atoms with Gasteiger partial charge < -0.3 is 6.92 Å². The molecule has 0 aliphatic rings. The molecule has 0 spiro atoms. The Morgan fingerprint density at radius 1 is 1.25 bits per heavy atom. The summed E-state index contributed by atoms with van der Waals surface area (Å²) in [5, 5.41) is 0. The summed E-state index contributed by atoms with van der Waals surface area (Å²) in [4.78, 5) is 0. The van der Waals surface area contributed by atoms with Crippen LogP contribution in [0.25, 0.3) is 0 Å². The van der Waals surface area contributed by atoms with Crippen molar-refractivity contribution in [2.45, 2.75) is 6.92 Å². The van der Waals surface area contributed by atoms with Crippen molar-refractivity contribution in [3.63, 3.8) is 0 Å². The van der Waals surface area contributed by atoms with Crippen molar-refractivity contribution in [3.05, 3.63) is 6.92 Å². The Hall–Kier alpha value is 0.467. The summed E-state index contributed by atoms with van der Waals surface area (Å²) in [6, 6.07) is 0. The van der Waals surface area contributed by atoms with Gasteiger partial charge in [0.1, 0.15) is 0 Å². The maximum atomic E-state index is 8.74. The van der Waals surface area contributed by atoms with Crippen LogP contribution in [-0.4, -0.2) is 17.5 Å². The Balaban J connectivity index is -0.0000000750. The molecule has 6 heteroatoms. The largest absolute Gasteiger partial charge is 1.00 e. The van der Waals surface area contributed by atoms with Crippen LogP contribution in [0, 0.1) is 6.92 Å². The molecule has 0 aromatic heterocycles. The number of rotatable bonds is 0. The minimum absolute atomic E-state index is 0. The second-order valence-corrected chi connectivity index (χ2v) is 1.34. The summed E-state index contributed by atoms with van der Waals surface area (Å²) in [5.74, 6) is 0. The second-order valence-electron chi connectivity index (χ2n) is 0.448. The van der Waals surface area contributed by atoms with E-state index in [-0.39, 0.29) is 18.9 Å². The molecule has 2 N–H and O–H groups in total. The van der Waals surface area contributed by atoms with Crippen LogP contribution in [0.3, 0.4) is 0 Å². The Morgan fingerprint density at radius 3 is 1.25 bits per heavy atom. The van der Waals surface area contributed by atoms with Crippen molar-refractivity contribution in [2.75, 3.05) is 0 Å². The molecule has 4 nitrogen and oxygen atoms in total. The molecule has 0 radical (unpaired) electrons. The first-order valence-electron chi connectivity index (χ1n) is 1.41. The molecule has 0 fully saturated rings. The van der Waals surface area contributed by atoms with Crippen LogP contribution in [0.5, 0.6) is 0 Å². The average molecular weight is 134 g/mol. The fourth-order valence-corrected chi connectivity index (χ4v) is 0. The summed E-state index contributed by atoms with van der Waals surface area (Å²) in [6.45, 7) is 5.00. The minimum Gasteiger partial charge on any atom is -0.346 e. The zero-order chi connectivity index (χ0) is 6.50. The first-order valence-corrected chi connectivity index (χ1v) is 2.80. The molecule has 8 heavy (non-hydrogen) atoms. The SMILES string of the molecule is O=S(=O)(O)O.[CH2-]C.[Li+]. The molecule has 0 saturated heterocycles.